The first-order valence-corrected chi connectivity index (χ1v) is 6.74. The molecule has 1 aromatic carbocycles. The van der Waals surface area contributed by atoms with Gasteiger partial charge in [-0.15, -0.1) is 0 Å². The Morgan fingerprint density at radius 3 is 2.90 bits per heavy atom. The predicted molar refractivity (Wildman–Crippen MR) is 75.9 cm³/mol. The van der Waals surface area contributed by atoms with E-state index in [4.69, 9.17) is 16.3 Å². The zero-order chi connectivity index (χ0) is 13.9. The fourth-order valence-electron chi connectivity index (χ4n) is 2.19. The number of carbonyl (C=O) groups excluding carboxylic acids is 1. The zero-order valence-corrected chi connectivity index (χ0v) is 11.5. The van der Waals surface area contributed by atoms with Crippen molar-refractivity contribution in [2.24, 2.45) is 0 Å². The fraction of sp³-hybridized carbons (Fsp3) is 0.200. The van der Waals surface area contributed by atoms with Crippen LogP contribution in [0.1, 0.15) is 16.1 Å². The lowest BCUT2D eigenvalue weighted by atomic mass is 10.1. The summed E-state index contributed by atoms with van der Waals surface area (Å²) in [6, 6.07) is 12.7. The minimum atomic E-state index is -0.0418. The van der Waals surface area contributed by atoms with Crippen LogP contribution in [0.3, 0.4) is 0 Å². The Hall–Kier alpha value is -2.07. The van der Waals surface area contributed by atoms with Crippen LogP contribution in [-0.4, -0.2) is 28.9 Å². The van der Waals surface area contributed by atoms with Gasteiger partial charge in [-0.1, -0.05) is 29.8 Å². The molecule has 102 valence electrons. The van der Waals surface area contributed by atoms with Crippen LogP contribution in [0, 0.1) is 0 Å². The van der Waals surface area contributed by atoms with Crippen LogP contribution in [0.4, 0.5) is 0 Å². The molecule has 2 heterocycles. The average Bonchev–Trinajstić information content (AvgIpc) is 2.60. The Bertz CT molecular complexity index is 645. The molecule has 0 saturated carbocycles. The molecule has 0 bridgehead atoms. The zero-order valence-electron chi connectivity index (χ0n) is 10.8. The largest absolute Gasteiger partial charge is 0.491 e. The van der Waals surface area contributed by atoms with E-state index < -0.39 is 0 Å². The normalized spacial score (nSPS) is 14.4. The van der Waals surface area contributed by atoms with Gasteiger partial charge in [0.1, 0.15) is 17.5 Å². The van der Waals surface area contributed by atoms with Crippen LogP contribution in [0.2, 0.25) is 5.15 Å². The van der Waals surface area contributed by atoms with Gasteiger partial charge in [0.2, 0.25) is 0 Å². The molecule has 0 fully saturated rings. The number of aromatic nitrogens is 1. The lowest BCUT2D eigenvalue weighted by molar-refractivity contribution is 0.0741. The maximum Gasteiger partial charge on any atom is 0.258 e. The first-order valence-electron chi connectivity index (χ1n) is 6.36. The van der Waals surface area contributed by atoms with E-state index in [0.717, 1.165) is 5.69 Å². The molecule has 3 rings (SSSR count). The first-order chi connectivity index (χ1) is 9.74. The van der Waals surface area contributed by atoms with E-state index in [1.165, 1.54) is 0 Å². The Labute approximate surface area is 122 Å². The summed E-state index contributed by atoms with van der Waals surface area (Å²) < 4.78 is 5.60. The number of amides is 1. The maximum atomic E-state index is 12.5. The minimum Gasteiger partial charge on any atom is -0.491 e. The van der Waals surface area contributed by atoms with E-state index in [-0.39, 0.29) is 5.91 Å². The van der Waals surface area contributed by atoms with Gasteiger partial charge in [0, 0.05) is 0 Å². The summed E-state index contributed by atoms with van der Waals surface area (Å²) in [4.78, 5) is 18.5. The second kappa shape index (κ2) is 5.51. The molecule has 4 nitrogen and oxygen atoms in total. The molecule has 5 heteroatoms. The molecule has 0 radical (unpaired) electrons. The molecule has 1 aromatic heterocycles. The molecule has 2 aromatic rings. The van der Waals surface area contributed by atoms with Crippen LogP contribution in [0.5, 0.6) is 5.75 Å². The summed E-state index contributed by atoms with van der Waals surface area (Å²) >= 11 is 5.87. The van der Waals surface area contributed by atoms with Gasteiger partial charge < -0.3 is 9.64 Å². The summed E-state index contributed by atoms with van der Waals surface area (Å²) in [6.45, 7) is 1.43. The number of ether oxygens (including phenoxy) is 1. The van der Waals surface area contributed by atoms with Gasteiger partial charge in [-0.05, 0) is 24.3 Å². The van der Waals surface area contributed by atoms with Crippen LogP contribution >= 0.6 is 11.6 Å². The highest BCUT2D eigenvalue weighted by molar-refractivity contribution is 6.29. The highest BCUT2D eigenvalue weighted by Crippen LogP contribution is 2.23. The number of hydrogen-bond donors (Lipinski definition) is 0. The molecule has 0 N–H and O–H groups in total. The quantitative estimate of drug-likeness (QED) is 0.798. The summed E-state index contributed by atoms with van der Waals surface area (Å²) in [5.41, 5.74) is 1.36. The Morgan fingerprint density at radius 2 is 2.05 bits per heavy atom. The highest BCUT2D eigenvalue weighted by Gasteiger charge is 2.23. The van der Waals surface area contributed by atoms with E-state index in [9.17, 15) is 4.79 Å². The summed E-state index contributed by atoms with van der Waals surface area (Å²) in [5, 5.41) is 0.432. The molecule has 0 unspecified atom stereocenters. The molecule has 1 aliphatic rings. The maximum absolute atomic E-state index is 12.5. The standard InChI is InChI=1S/C15H13ClN2O2/c16-14-7-3-4-11(17-14)10-18-8-9-20-13-6-2-1-5-12(13)15(18)19/h1-7H,8-10H2. The van der Waals surface area contributed by atoms with Gasteiger partial charge in [-0.25, -0.2) is 4.98 Å². The number of fused-ring (bicyclic) bond motifs is 1. The molecule has 0 atom stereocenters. The molecule has 0 aliphatic carbocycles. The van der Waals surface area contributed by atoms with Crippen LogP contribution in [0.15, 0.2) is 42.5 Å². The van der Waals surface area contributed by atoms with Crippen molar-refractivity contribution >= 4 is 17.5 Å². The van der Waals surface area contributed by atoms with Gasteiger partial charge in [0.05, 0.1) is 24.3 Å². The summed E-state index contributed by atoms with van der Waals surface area (Å²) in [6.07, 6.45) is 0. The van der Waals surface area contributed by atoms with E-state index in [0.29, 0.717) is 36.2 Å². The monoisotopic (exact) mass is 288 g/mol. The van der Waals surface area contributed by atoms with E-state index >= 15 is 0 Å². The second-order valence-corrected chi connectivity index (χ2v) is 4.91. The van der Waals surface area contributed by atoms with Crippen molar-refractivity contribution in [2.75, 3.05) is 13.2 Å². The number of benzene rings is 1. The van der Waals surface area contributed by atoms with Crippen molar-refractivity contribution in [1.82, 2.24) is 9.88 Å². The summed E-state index contributed by atoms with van der Waals surface area (Å²) in [5.74, 6) is 0.596. The molecule has 20 heavy (non-hydrogen) atoms. The van der Waals surface area contributed by atoms with Gasteiger partial charge in [0.15, 0.2) is 0 Å². The minimum absolute atomic E-state index is 0.0418. The van der Waals surface area contributed by atoms with Crippen molar-refractivity contribution in [1.29, 1.82) is 0 Å². The van der Waals surface area contributed by atoms with E-state index in [2.05, 4.69) is 4.98 Å². The number of rotatable bonds is 2. The van der Waals surface area contributed by atoms with Crippen LogP contribution in [-0.2, 0) is 6.54 Å². The Kier molecular flexibility index (Phi) is 3.56. The Morgan fingerprint density at radius 1 is 1.20 bits per heavy atom. The lowest BCUT2D eigenvalue weighted by Gasteiger charge is -2.19. The van der Waals surface area contributed by atoms with Crippen molar-refractivity contribution in [3.05, 3.63) is 58.9 Å². The molecular formula is C15H13ClN2O2. The van der Waals surface area contributed by atoms with Crippen molar-refractivity contribution in [3.63, 3.8) is 0 Å². The van der Waals surface area contributed by atoms with Crippen LogP contribution < -0.4 is 4.74 Å². The number of pyridine rings is 1. The second-order valence-electron chi connectivity index (χ2n) is 4.52. The van der Waals surface area contributed by atoms with Crippen molar-refractivity contribution < 1.29 is 9.53 Å². The van der Waals surface area contributed by atoms with Gasteiger partial charge in [0.25, 0.3) is 5.91 Å². The van der Waals surface area contributed by atoms with Gasteiger partial charge in [-0.2, -0.15) is 0 Å². The number of halogens is 1. The van der Waals surface area contributed by atoms with Crippen molar-refractivity contribution in [3.8, 4) is 5.75 Å². The average molecular weight is 289 g/mol. The number of hydrogen-bond acceptors (Lipinski definition) is 3. The van der Waals surface area contributed by atoms with Gasteiger partial charge >= 0.3 is 0 Å². The molecule has 0 spiro atoms. The predicted octanol–water partition coefficient (Wildman–Crippen LogP) is 2.77. The smallest absolute Gasteiger partial charge is 0.258 e. The SMILES string of the molecule is O=C1c2ccccc2OCCN1Cc1cccc(Cl)n1. The highest BCUT2D eigenvalue weighted by atomic mass is 35.5. The number of nitrogens with zero attached hydrogens (tertiary/aromatic N) is 2. The topological polar surface area (TPSA) is 42.4 Å². The fourth-order valence-corrected chi connectivity index (χ4v) is 2.37. The third-order valence-corrected chi connectivity index (χ3v) is 3.36. The Balaban J connectivity index is 1.86. The molecular weight excluding hydrogens is 276 g/mol. The lowest BCUT2D eigenvalue weighted by Crippen LogP contribution is -2.32. The van der Waals surface area contributed by atoms with Gasteiger partial charge in [-0.3, -0.25) is 4.79 Å². The molecule has 0 saturated heterocycles. The molecule has 1 amide bonds. The molecule has 1 aliphatic heterocycles. The first kappa shape index (κ1) is 12.9. The number of carbonyl (C=O) groups is 1. The van der Waals surface area contributed by atoms with Crippen molar-refractivity contribution in [2.45, 2.75) is 6.54 Å². The third-order valence-electron chi connectivity index (χ3n) is 3.15. The van der Waals surface area contributed by atoms with E-state index in [1.807, 2.05) is 30.3 Å². The van der Waals surface area contributed by atoms with E-state index in [1.54, 1.807) is 17.0 Å². The van der Waals surface area contributed by atoms with Crippen LogP contribution in [0.25, 0.3) is 0 Å². The number of para-hydroxylation sites is 1. The summed E-state index contributed by atoms with van der Waals surface area (Å²) in [7, 11) is 0. The third kappa shape index (κ3) is 2.60.